The molecule has 2 aromatic rings. The lowest BCUT2D eigenvalue weighted by Gasteiger charge is -2.10. The van der Waals surface area contributed by atoms with Gasteiger partial charge in [-0.05, 0) is 23.6 Å². The summed E-state index contributed by atoms with van der Waals surface area (Å²) in [4.78, 5) is 0. The lowest BCUT2D eigenvalue weighted by molar-refractivity contribution is 0.303. The van der Waals surface area contributed by atoms with Crippen LogP contribution in [0.3, 0.4) is 0 Å². The minimum Gasteiger partial charge on any atom is -0.489 e. The maximum atomic E-state index is 8.64. The zero-order valence-corrected chi connectivity index (χ0v) is 10.2. The van der Waals surface area contributed by atoms with Crippen LogP contribution in [-0.2, 0) is 13.0 Å². The van der Waals surface area contributed by atoms with Gasteiger partial charge in [-0.3, -0.25) is 0 Å². The molecule has 0 aliphatic carbocycles. The summed E-state index contributed by atoms with van der Waals surface area (Å²) in [5.74, 6) is 0.872. The molecule has 0 bridgehead atoms. The Labute approximate surface area is 107 Å². The molecule has 2 heteroatoms. The van der Waals surface area contributed by atoms with Crippen molar-refractivity contribution in [3.63, 3.8) is 0 Å². The summed E-state index contributed by atoms with van der Waals surface area (Å²) in [6.45, 7) is 0.560. The zero-order valence-electron chi connectivity index (χ0n) is 10.2. The van der Waals surface area contributed by atoms with E-state index >= 15 is 0 Å². The summed E-state index contributed by atoms with van der Waals surface area (Å²) in [7, 11) is 0. The quantitative estimate of drug-likeness (QED) is 0.794. The van der Waals surface area contributed by atoms with E-state index in [1.54, 1.807) is 0 Å². The van der Waals surface area contributed by atoms with Crippen LogP contribution >= 0.6 is 0 Å². The van der Waals surface area contributed by atoms with Crippen molar-refractivity contribution in [2.45, 2.75) is 19.4 Å². The molecule has 90 valence electrons. The second-order valence-electron chi connectivity index (χ2n) is 4.04. The predicted octanol–water partition coefficient (Wildman–Crippen LogP) is 3.72. The van der Waals surface area contributed by atoms with E-state index in [0.717, 1.165) is 23.3 Å². The topological polar surface area (TPSA) is 33.0 Å². The third-order valence-corrected chi connectivity index (χ3v) is 2.72. The van der Waals surface area contributed by atoms with Crippen LogP contribution in [0.2, 0.25) is 0 Å². The monoisotopic (exact) mass is 237 g/mol. The van der Waals surface area contributed by atoms with Crippen molar-refractivity contribution >= 4 is 0 Å². The number of hydrogen-bond donors (Lipinski definition) is 0. The van der Waals surface area contributed by atoms with E-state index in [1.807, 2.05) is 54.6 Å². The Bertz CT molecular complexity index is 528. The first kappa shape index (κ1) is 12.2. The molecule has 0 atom stereocenters. The van der Waals surface area contributed by atoms with Crippen LogP contribution in [0.1, 0.15) is 17.5 Å². The lowest BCUT2D eigenvalue weighted by Crippen LogP contribution is -1.98. The van der Waals surface area contributed by atoms with Gasteiger partial charge in [-0.25, -0.2) is 0 Å². The summed E-state index contributed by atoms with van der Waals surface area (Å²) < 4.78 is 5.81. The number of hydrogen-bond acceptors (Lipinski definition) is 2. The van der Waals surface area contributed by atoms with Crippen molar-refractivity contribution in [1.82, 2.24) is 0 Å². The zero-order chi connectivity index (χ0) is 12.6. The molecule has 0 unspecified atom stereocenters. The highest BCUT2D eigenvalue weighted by Crippen LogP contribution is 2.20. The fraction of sp³-hybridized carbons (Fsp3) is 0.188. The van der Waals surface area contributed by atoms with Gasteiger partial charge in [-0.1, -0.05) is 48.5 Å². The Kier molecular flexibility index (Phi) is 4.38. The SMILES string of the molecule is N#CCCc1ccccc1OCc1ccccc1. The Morgan fingerprint density at radius 3 is 2.44 bits per heavy atom. The summed E-state index contributed by atoms with van der Waals surface area (Å²) in [6, 6.07) is 20.1. The third kappa shape index (κ3) is 3.36. The first-order valence-electron chi connectivity index (χ1n) is 6.02. The average Bonchev–Trinajstić information content (AvgIpc) is 2.45. The first-order valence-corrected chi connectivity index (χ1v) is 6.02. The van der Waals surface area contributed by atoms with Crippen LogP contribution < -0.4 is 4.74 Å². The van der Waals surface area contributed by atoms with E-state index in [0.29, 0.717) is 13.0 Å². The molecule has 0 aromatic heterocycles. The van der Waals surface area contributed by atoms with Gasteiger partial charge in [0.05, 0.1) is 6.07 Å². The van der Waals surface area contributed by atoms with Crippen molar-refractivity contribution in [3.05, 3.63) is 65.7 Å². The van der Waals surface area contributed by atoms with Crippen molar-refractivity contribution in [1.29, 1.82) is 5.26 Å². The smallest absolute Gasteiger partial charge is 0.123 e. The molecule has 0 radical (unpaired) electrons. The molecule has 0 N–H and O–H groups in total. The molecule has 0 heterocycles. The average molecular weight is 237 g/mol. The Morgan fingerprint density at radius 1 is 0.944 bits per heavy atom. The number of aryl methyl sites for hydroxylation is 1. The van der Waals surface area contributed by atoms with E-state index in [2.05, 4.69) is 6.07 Å². The van der Waals surface area contributed by atoms with Gasteiger partial charge in [-0.2, -0.15) is 5.26 Å². The molecule has 0 saturated carbocycles. The Hall–Kier alpha value is -2.27. The predicted molar refractivity (Wildman–Crippen MR) is 71.2 cm³/mol. The lowest BCUT2D eigenvalue weighted by atomic mass is 10.1. The standard InChI is InChI=1S/C16H15NO/c17-12-6-10-15-9-4-5-11-16(15)18-13-14-7-2-1-3-8-14/h1-5,7-9,11H,6,10,13H2. The van der Waals surface area contributed by atoms with Crippen LogP contribution in [0.4, 0.5) is 0 Å². The van der Waals surface area contributed by atoms with Gasteiger partial charge in [0.2, 0.25) is 0 Å². The number of rotatable bonds is 5. The number of ether oxygens (including phenoxy) is 1. The number of benzene rings is 2. The molecule has 2 nitrogen and oxygen atoms in total. The highest BCUT2D eigenvalue weighted by atomic mass is 16.5. The van der Waals surface area contributed by atoms with Crippen molar-refractivity contribution in [3.8, 4) is 11.8 Å². The van der Waals surface area contributed by atoms with E-state index in [9.17, 15) is 0 Å². The number of nitriles is 1. The Morgan fingerprint density at radius 2 is 1.67 bits per heavy atom. The van der Waals surface area contributed by atoms with Gasteiger partial charge >= 0.3 is 0 Å². The number of nitrogens with zero attached hydrogens (tertiary/aromatic N) is 1. The van der Waals surface area contributed by atoms with Gasteiger partial charge in [0.15, 0.2) is 0 Å². The van der Waals surface area contributed by atoms with Gasteiger partial charge < -0.3 is 4.74 Å². The van der Waals surface area contributed by atoms with Gasteiger partial charge in [0.1, 0.15) is 12.4 Å². The van der Waals surface area contributed by atoms with Crippen LogP contribution in [-0.4, -0.2) is 0 Å². The van der Waals surface area contributed by atoms with E-state index < -0.39 is 0 Å². The summed E-state index contributed by atoms with van der Waals surface area (Å²) in [5.41, 5.74) is 2.24. The second kappa shape index (κ2) is 6.46. The molecule has 0 spiro atoms. The van der Waals surface area contributed by atoms with Crippen LogP contribution in [0.5, 0.6) is 5.75 Å². The molecule has 0 aliphatic heterocycles. The van der Waals surface area contributed by atoms with Crippen LogP contribution in [0.25, 0.3) is 0 Å². The van der Waals surface area contributed by atoms with E-state index in [1.165, 1.54) is 0 Å². The second-order valence-corrected chi connectivity index (χ2v) is 4.04. The summed E-state index contributed by atoms with van der Waals surface area (Å²) in [5, 5.41) is 8.64. The minimum absolute atomic E-state index is 0.520. The third-order valence-electron chi connectivity index (χ3n) is 2.72. The molecule has 0 aliphatic rings. The highest BCUT2D eigenvalue weighted by molar-refractivity contribution is 5.34. The van der Waals surface area contributed by atoms with E-state index in [-0.39, 0.29) is 0 Å². The highest BCUT2D eigenvalue weighted by Gasteiger charge is 2.02. The molecule has 2 aromatic carbocycles. The minimum atomic E-state index is 0.520. The van der Waals surface area contributed by atoms with Crippen LogP contribution in [0, 0.1) is 11.3 Å². The molecular formula is C16H15NO. The van der Waals surface area contributed by atoms with Gasteiger partial charge in [-0.15, -0.1) is 0 Å². The summed E-state index contributed by atoms with van der Waals surface area (Å²) >= 11 is 0. The maximum Gasteiger partial charge on any atom is 0.123 e. The fourth-order valence-corrected chi connectivity index (χ4v) is 1.78. The molecule has 0 fully saturated rings. The van der Waals surface area contributed by atoms with Crippen molar-refractivity contribution in [2.75, 3.05) is 0 Å². The molecular weight excluding hydrogens is 222 g/mol. The number of para-hydroxylation sites is 1. The first-order chi connectivity index (χ1) is 8.90. The maximum absolute atomic E-state index is 8.64. The molecule has 0 saturated heterocycles. The molecule has 18 heavy (non-hydrogen) atoms. The summed E-state index contributed by atoms with van der Waals surface area (Å²) in [6.07, 6.45) is 1.26. The molecule has 2 rings (SSSR count). The van der Waals surface area contributed by atoms with Crippen molar-refractivity contribution in [2.24, 2.45) is 0 Å². The van der Waals surface area contributed by atoms with Gasteiger partial charge in [0.25, 0.3) is 0 Å². The largest absolute Gasteiger partial charge is 0.489 e. The normalized spacial score (nSPS) is 9.72. The van der Waals surface area contributed by atoms with Crippen molar-refractivity contribution < 1.29 is 4.74 Å². The van der Waals surface area contributed by atoms with Crippen LogP contribution in [0.15, 0.2) is 54.6 Å². The fourth-order valence-electron chi connectivity index (χ4n) is 1.78. The van der Waals surface area contributed by atoms with Gasteiger partial charge in [0, 0.05) is 6.42 Å². The van der Waals surface area contributed by atoms with E-state index in [4.69, 9.17) is 10.00 Å². The molecule has 0 amide bonds. The Balaban J connectivity index is 2.03.